The Bertz CT molecular complexity index is 759. The number of benzene rings is 2. The SMILES string of the molecule is Cc1ccc(CN(C)C(=O)[C@@H](C)NC(=O)OCc2ccccc2)c(C)c1. The average Bonchev–Trinajstić information content (AvgIpc) is 2.62. The standard InChI is InChI=1S/C21H26N2O3/c1-15-10-11-19(16(2)12-15)13-23(4)20(24)17(3)22-21(25)26-14-18-8-6-5-7-9-18/h5-12,17H,13-14H2,1-4H3,(H,22,25)/t17-/m1/s1. The van der Waals surface area contributed by atoms with Crippen LogP contribution in [0.3, 0.4) is 0 Å². The van der Waals surface area contributed by atoms with Gasteiger partial charge in [0.05, 0.1) is 0 Å². The van der Waals surface area contributed by atoms with E-state index < -0.39 is 12.1 Å². The first-order valence-electron chi connectivity index (χ1n) is 8.65. The summed E-state index contributed by atoms with van der Waals surface area (Å²) in [7, 11) is 1.73. The fourth-order valence-corrected chi connectivity index (χ4v) is 2.69. The molecule has 2 aromatic carbocycles. The second-order valence-electron chi connectivity index (χ2n) is 6.55. The van der Waals surface area contributed by atoms with Crippen LogP contribution in [0.2, 0.25) is 0 Å². The van der Waals surface area contributed by atoms with Crippen molar-refractivity contribution in [3.8, 4) is 0 Å². The third-order valence-corrected chi connectivity index (χ3v) is 4.20. The van der Waals surface area contributed by atoms with E-state index in [4.69, 9.17) is 4.74 Å². The summed E-state index contributed by atoms with van der Waals surface area (Å²) in [5.41, 5.74) is 4.32. The zero-order valence-corrected chi connectivity index (χ0v) is 15.8. The van der Waals surface area contributed by atoms with Crippen molar-refractivity contribution in [2.45, 2.75) is 40.0 Å². The Balaban J connectivity index is 1.84. The molecule has 2 rings (SSSR count). The van der Waals surface area contributed by atoms with Crippen LogP contribution in [0, 0.1) is 13.8 Å². The van der Waals surface area contributed by atoms with Gasteiger partial charge in [0.1, 0.15) is 12.6 Å². The molecule has 0 aliphatic carbocycles. The molecule has 5 heteroatoms. The van der Waals surface area contributed by atoms with Crippen LogP contribution in [-0.2, 0) is 22.7 Å². The van der Waals surface area contributed by atoms with Gasteiger partial charge in [-0.15, -0.1) is 0 Å². The Morgan fingerprint density at radius 2 is 1.81 bits per heavy atom. The second kappa shape index (κ2) is 9.04. The second-order valence-corrected chi connectivity index (χ2v) is 6.55. The van der Waals surface area contributed by atoms with E-state index in [-0.39, 0.29) is 12.5 Å². The molecule has 0 saturated carbocycles. The Labute approximate surface area is 155 Å². The summed E-state index contributed by atoms with van der Waals surface area (Å²) in [6.45, 7) is 6.40. The van der Waals surface area contributed by atoms with Crippen molar-refractivity contribution >= 4 is 12.0 Å². The molecule has 5 nitrogen and oxygen atoms in total. The molecule has 2 aromatic rings. The van der Waals surface area contributed by atoms with Gasteiger partial charge < -0.3 is 15.0 Å². The number of amides is 2. The van der Waals surface area contributed by atoms with E-state index in [0.29, 0.717) is 6.54 Å². The van der Waals surface area contributed by atoms with Gasteiger partial charge in [0.25, 0.3) is 0 Å². The van der Waals surface area contributed by atoms with Gasteiger partial charge in [-0.3, -0.25) is 4.79 Å². The lowest BCUT2D eigenvalue weighted by Gasteiger charge is -2.23. The largest absolute Gasteiger partial charge is 0.445 e. The van der Waals surface area contributed by atoms with E-state index >= 15 is 0 Å². The van der Waals surface area contributed by atoms with E-state index in [1.807, 2.05) is 56.3 Å². The first-order chi connectivity index (χ1) is 12.4. The third-order valence-electron chi connectivity index (χ3n) is 4.20. The Hall–Kier alpha value is -2.82. The van der Waals surface area contributed by atoms with Crippen molar-refractivity contribution in [2.24, 2.45) is 0 Å². The van der Waals surface area contributed by atoms with E-state index in [1.54, 1.807) is 18.9 Å². The molecular formula is C21H26N2O3. The van der Waals surface area contributed by atoms with Gasteiger partial charge in [0.15, 0.2) is 0 Å². The number of hydrogen-bond donors (Lipinski definition) is 1. The van der Waals surface area contributed by atoms with Crippen LogP contribution in [0.1, 0.15) is 29.2 Å². The number of likely N-dealkylation sites (N-methyl/N-ethyl adjacent to an activating group) is 1. The molecule has 1 atom stereocenters. The number of alkyl carbamates (subject to hydrolysis) is 1. The highest BCUT2D eigenvalue weighted by Crippen LogP contribution is 2.13. The van der Waals surface area contributed by atoms with E-state index in [1.165, 1.54) is 5.56 Å². The highest BCUT2D eigenvalue weighted by Gasteiger charge is 2.20. The fourth-order valence-electron chi connectivity index (χ4n) is 2.69. The summed E-state index contributed by atoms with van der Waals surface area (Å²) < 4.78 is 5.16. The van der Waals surface area contributed by atoms with Gasteiger partial charge in [-0.25, -0.2) is 4.79 Å². The van der Waals surface area contributed by atoms with Crippen LogP contribution >= 0.6 is 0 Å². The molecule has 0 bridgehead atoms. The number of aryl methyl sites for hydroxylation is 2. The number of carbonyl (C=O) groups excluding carboxylic acids is 2. The molecule has 0 saturated heterocycles. The van der Waals surface area contributed by atoms with Crippen LogP contribution in [0.25, 0.3) is 0 Å². The van der Waals surface area contributed by atoms with Crippen LogP contribution in [0.4, 0.5) is 4.79 Å². The summed E-state index contributed by atoms with van der Waals surface area (Å²) >= 11 is 0. The first-order valence-corrected chi connectivity index (χ1v) is 8.65. The molecule has 1 N–H and O–H groups in total. The molecule has 0 fully saturated rings. The molecule has 0 unspecified atom stereocenters. The zero-order chi connectivity index (χ0) is 19.1. The zero-order valence-electron chi connectivity index (χ0n) is 15.8. The minimum Gasteiger partial charge on any atom is -0.445 e. The van der Waals surface area contributed by atoms with Crippen molar-refractivity contribution in [1.82, 2.24) is 10.2 Å². The van der Waals surface area contributed by atoms with Gasteiger partial charge in [-0.2, -0.15) is 0 Å². The number of hydrogen-bond acceptors (Lipinski definition) is 3. The molecule has 0 aromatic heterocycles. The van der Waals surface area contributed by atoms with Gasteiger partial charge in [0.2, 0.25) is 5.91 Å². The highest BCUT2D eigenvalue weighted by atomic mass is 16.5. The number of ether oxygens (including phenoxy) is 1. The van der Waals surface area contributed by atoms with Gasteiger partial charge in [0, 0.05) is 13.6 Å². The molecule has 0 aliphatic heterocycles. The van der Waals surface area contributed by atoms with Crippen LogP contribution in [0.5, 0.6) is 0 Å². The molecule has 26 heavy (non-hydrogen) atoms. The Morgan fingerprint density at radius 1 is 1.12 bits per heavy atom. The number of rotatable bonds is 6. The van der Waals surface area contributed by atoms with Crippen LogP contribution < -0.4 is 5.32 Å². The molecule has 0 radical (unpaired) electrons. The number of nitrogens with one attached hydrogen (secondary N) is 1. The Kier molecular flexibility index (Phi) is 6.78. The molecule has 2 amide bonds. The predicted octanol–water partition coefficient (Wildman–Crippen LogP) is 3.58. The first kappa shape index (κ1) is 19.5. The van der Waals surface area contributed by atoms with Crippen molar-refractivity contribution in [3.05, 3.63) is 70.8 Å². The molecular weight excluding hydrogens is 328 g/mol. The number of carbonyl (C=O) groups is 2. The van der Waals surface area contributed by atoms with Crippen molar-refractivity contribution in [2.75, 3.05) is 7.05 Å². The summed E-state index contributed by atoms with van der Waals surface area (Å²) in [5, 5.41) is 2.59. The van der Waals surface area contributed by atoms with Gasteiger partial charge in [-0.1, -0.05) is 54.1 Å². The minimum absolute atomic E-state index is 0.165. The average molecular weight is 354 g/mol. The van der Waals surface area contributed by atoms with E-state index in [0.717, 1.165) is 16.7 Å². The fraction of sp³-hybridized carbons (Fsp3) is 0.333. The van der Waals surface area contributed by atoms with E-state index in [9.17, 15) is 9.59 Å². The lowest BCUT2D eigenvalue weighted by molar-refractivity contribution is -0.132. The van der Waals surface area contributed by atoms with Crippen LogP contribution in [0.15, 0.2) is 48.5 Å². The summed E-state index contributed by atoms with van der Waals surface area (Å²) in [6.07, 6.45) is -0.602. The third kappa shape index (κ3) is 5.62. The molecule has 0 heterocycles. The van der Waals surface area contributed by atoms with Gasteiger partial charge >= 0.3 is 6.09 Å². The normalized spacial score (nSPS) is 11.5. The Morgan fingerprint density at radius 3 is 2.46 bits per heavy atom. The van der Waals surface area contributed by atoms with Crippen molar-refractivity contribution in [3.63, 3.8) is 0 Å². The van der Waals surface area contributed by atoms with Crippen molar-refractivity contribution < 1.29 is 14.3 Å². The quantitative estimate of drug-likeness (QED) is 0.863. The molecule has 0 spiro atoms. The smallest absolute Gasteiger partial charge is 0.408 e. The topological polar surface area (TPSA) is 58.6 Å². The monoisotopic (exact) mass is 354 g/mol. The van der Waals surface area contributed by atoms with E-state index in [2.05, 4.69) is 11.4 Å². The maximum atomic E-state index is 12.5. The predicted molar refractivity (Wildman–Crippen MR) is 102 cm³/mol. The summed E-state index contributed by atoms with van der Waals surface area (Å²) in [5.74, 6) is -0.165. The highest BCUT2D eigenvalue weighted by molar-refractivity contribution is 5.85. The maximum absolute atomic E-state index is 12.5. The maximum Gasteiger partial charge on any atom is 0.408 e. The molecule has 0 aliphatic rings. The number of nitrogens with zero attached hydrogens (tertiary/aromatic N) is 1. The lowest BCUT2D eigenvalue weighted by atomic mass is 10.1. The van der Waals surface area contributed by atoms with Crippen LogP contribution in [-0.4, -0.2) is 30.0 Å². The lowest BCUT2D eigenvalue weighted by Crippen LogP contribution is -2.45. The molecule has 138 valence electrons. The van der Waals surface area contributed by atoms with Crippen molar-refractivity contribution in [1.29, 1.82) is 0 Å². The summed E-state index contributed by atoms with van der Waals surface area (Å²) in [4.78, 5) is 26.0. The summed E-state index contributed by atoms with van der Waals surface area (Å²) in [6, 6.07) is 14.9. The van der Waals surface area contributed by atoms with Gasteiger partial charge in [-0.05, 0) is 37.5 Å². The minimum atomic E-state index is -0.658.